The van der Waals surface area contributed by atoms with Crippen LogP contribution < -0.4 is 10.0 Å². The lowest BCUT2D eigenvalue weighted by Crippen LogP contribution is -2.55. The van der Waals surface area contributed by atoms with Gasteiger partial charge in [-0.1, -0.05) is 11.6 Å². The molecule has 12 heteroatoms. The van der Waals surface area contributed by atoms with E-state index in [1.54, 1.807) is 12.3 Å². The largest absolute Gasteiger partial charge is 0.443 e. The first-order valence-corrected chi connectivity index (χ1v) is 11.4. The summed E-state index contributed by atoms with van der Waals surface area (Å²) in [6.07, 6.45) is 3.08. The third-order valence-electron chi connectivity index (χ3n) is 4.70. The summed E-state index contributed by atoms with van der Waals surface area (Å²) in [5.74, 6) is -0.580. The molecule has 0 saturated carbocycles. The quantitative estimate of drug-likeness (QED) is 0.608. The molecule has 0 radical (unpaired) electrons. The summed E-state index contributed by atoms with van der Waals surface area (Å²) in [6, 6.07) is 5.78. The summed E-state index contributed by atoms with van der Waals surface area (Å²) in [7, 11) is -2.57. The van der Waals surface area contributed by atoms with Crippen LogP contribution >= 0.6 is 22.9 Å². The molecule has 2 atom stereocenters. The highest BCUT2D eigenvalue weighted by molar-refractivity contribution is 7.87. The summed E-state index contributed by atoms with van der Waals surface area (Å²) in [4.78, 5) is 18.2. The smallest absolute Gasteiger partial charge is 0.280 e. The average molecular weight is 471 g/mol. The number of thiophene rings is 1. The van der Waals surface area contributed by atoms with Crippen molar-refractivity contribution in [1.29, 1.82) is 0 Å². The molecule has 1 saturated heterocycles. The van der Waals surface area contributed by atoms with E-state index >= 15 is 0 Å². The molecular formula is C18H16ClFN4O4S2. The summed E-state index contributed by atoms with van der Waals surface area (Å²) < 4.78 is 47.4. The van der Waals surface area contributed by atoms with E-state index in [4.69, 9.17) is 16.0 Å². The zero-order valence-electron chi connectivity index (χ0n) is 15.5. The van der Waals surface area contributed by atoms with Gasteiger partial charge in [0.05, 0.1) is 22.1 Å². The van der Waals surface area contributed by atoms with E-state index in [0.29, 0.717) is 5.76 Å². The van der Waals surface area contributed by atoms with Crippen LogP contribution in [0.5, 0.6) is 0 Å². The SMILES string of the molecule is CN1[C@H](C(=O)Nc2ccc(F)c(Cl)c2)C[C@H](c2ccc(-c3cnco3)s2)NS1(=O)=O. The van der Waals surface area contributed by atoms with Crippen LogP contribution in [0.3, 0.4) is 0 Å². The normalized spacial score (nSPS) is 21.4. The minimum atomic E-state index is -3.90. The monoisotopic (exact) mass is 470 g/mol. The van der Waals surface area contributed by atoms with E-state index < -0.39 is 34.0 Å². The van der Waals surface area contributed by atoms with Gasteiger partial charge < -0.3 is 9.73 Å². The van der Waals surface area contributed by atoms with Gasteiger partial charge in [-0.3, -0.25) is 4.79 Å². The fraction of sp³-hybridized carbons (Fsp3) is 0.222. The minimum Gasteiger partial charge on any atom is -0.443 e. The van der Waals surface area contributed by atoms with Crippen molar-refractivity contribution >= 4 is 44.7 Å². The second-order valence-electron chi connectivity index (χ2n) is 6.63. The Morgan fingerprint density at radius 1 is 1.40 bits per heavy atom. The van der Waals surface area contributed by atoms with E-state index in [-0.39, 0.29) is 17.1 Å². The van der Waals surface area contributed by atoms with Crippen LogP contribution in [0.1, 0.15) is 17.3 Å². The Labute approximate surface area is 180 Å². The number of carbonyl (C=O) groups excluding carboxylic acids is 1. The van der Waals surface area contributed by atoms with Crippen LogP contribution in [0.2, 0.25) is 5.02 Å². The van der Waals surface area contributed by atoms with Crippen molar-refractivity contribution in [3.05, 3.63) is 58.6 Å². The standard InChI is InChI=1S/C18H16ClFN4O4S2/c1-24-14(18(25)22-10-2-3-12(20)11(19)6-10)7-13(23-30(24,26)27)16-4-5-17(29-16)15-8-21-9-28-15/h2-6,8-9,13-14,23H,7H2,1H3,(H,22,25)/t13-,14+/m1/s1. The molecular weight excluding hydrogens is 455 g/mol. The molecule has 3 aromatic rings. The maximum Gasteiger partial charge on any atom is 0.280 e. The summed E-state index contributed by atoms with van der Waals surface area (Å²) in [5.41, 5.74) is 0.274. The molecule has 1 aromatic carbocycles. The predicted octanol–water partition coefficient (Wildman–Crippen LogP) is 3.41. The molecule has 8 nitrogen and oxygen atoms in total. The molecule has 2 aromatic heterocycles. The van der Waals surface area contributed by atoms with Crippen molar-refractivity contribution < 1.29 is 22.0 Å². The van der Waals surface area contributed by atoms with Crippen LogP contribution in [-0.4, -0.2) is 36.7 Å². The van der Waals surface area contributed by atoms with Crippen LogP contribution in [-0.2, 0) is 15.0 Å². The maximum absolute atomic E-state index is 13.3. The zero-order valence-corrected chi connectivity index (χ0v) is 17.9. The Morgan fingerprint density at radius 3 is 2.90 bits per heavy atom. The number of halogens is 2. The fourth-order valence-corrected chi connectivity index (χ4v) is 5.65. The molecule has 30 heavy (non-hydrogen) atoms. The molecule has 3 heterocycles. The van der Waals surface area contributed by atoms with Gasteiger partial charge in [-0.05, 0) is 36.8 Å². The number of rotatable bonds is 4. The van der Waals surface area contributed by atoms with Gasteiger partial charge in [0.25, 0.3) is 10.2 Å². The third kappa shape index (κ3) is 4.12. The lowest BCUT2D eigenvalue weighted by atomic mass is 10.1. The number of hydrogen-bond donors (Lipinski definition) is 2. The third-order valence-corrected chi connectivity index (χ3v) is 7.80. The highest BCUT2D eigenvalue weighted by Gasteiger charge is 2.41. The van der Waals surface area contributed by atoms with E-state index in [2.05, 4.69) is 15.0 Å². The minimum absolute atomic E-state index is 0.143. The Balaban J connectivity index is 1.57. The molecule has 0 aliphatic carbocycles. The van der Waals surface area contributed by atoms with Gasteiger partial charge in [0.15, 0.2) is 12.2 Å². The summed E-state index contributed by atoms with van der Waals surface area (Å²) in [5, 5.41) is 2.46. The second-order valence-corrected chi connectivity index (χ2v) is 9.91. The Kier molecular flexibility index (Phi) is 5.64. The number of likely N-dealkylation sites (N-methyl/N-ethyl adjacent to an activating group) is 1. The van der Waals surface area contributed by atoms with Crippen LogP contribution in [0.15, 0.2) is 47.3 Å². The van der Waals surface area contributed by atoms with Gasteiger partial charge >= 0.3 is 0 Å². The van der Waals surface area contributed by atoms with Gasteiger partial charge in [-0.15, -0.1) is 11.3 Å². The van der Waals surface area contributed by atoms with Crippen molar-refractivity contribution in [2.24, 2.45) is 0 Å². The first kappa shape index (κ1) is 20.9. The predicted molar refractivity (Wildman–Crippen MR) is 111 cm³/mol. The van der Waals surface area contributed by atoms with Crippen molar-refractivity contribution in [3.63, 3.8) is 0 Å². The van der Waals surface area contributed by atoms with Crippen molar-refractivity contribution in [2.45, 2.75) is 18.5 Å². The molecule has 1 fully saturated rings. The molecule has 1 aliphatic heterocycles. The number of anilines is 1. The highest BCUT2D eigenvalue weighted by atomic mass is 35.5. The summed E-state index contributed by atoms with van der Waals surface area (Å²) >= 11 is 7.10. The second kappa shape index (κ2) is 8.08. The molecule has 2 N–H and O–H groups in total. The number of benzene rings is 1. The van der Waals surface area contributed by atoms with Crippen molar-refractivity contribution in [3.8, 4) is 10.6 Å². The maximum atomic E-state index is 13.3. The number of carbonyl (C=O) groups is 1. The first-order chi connectivity index (χ1) is 14.2. The van der Waals surface area contributed by atoms with Crippen LogP contribution in [0, 0.1) is 5.82 Å². The number of nitrogens with one attached hydrogen (secondary N) is 2. The average Bonchev–Trinajstić information content (AvgIpc) is 3.38. The van der Waals surface area contributed by atoms with Crippen molar-refractivity contribution in [2.75, 3.05) is 12.4 Å². The lowest BCUT2D eigenvalue weighted by Gasteiger charge is -2.35. The number of nitrogens with zero attached hydrogens (tertiary/aromatic N) is 2. The Hall–Kier alpha value is -2.31. The number of hydrogen-bond acceptors (Lipinski definition) is 6. The summed E-state index contributed by atoms with van der Waals surface area (Å²) in [6.45, 7) is 0. The molecule has 1 aliphatic rings. The zero-order chi connectivity index (χ0) is 21.5. The number of amides is 1. The fourth-order valence-electron chi connectivity index (χ4n) is 3.11. The number of oxazole rings is 1. The van der Waals surface area contributed by atoms with Gasteiger partial charge in [-0.2, -0.15) is 17.4 Å². The van der Waals surface area contributed by atoms with Crippen LogP contribution in [0.25, 0.3) is 10.6 Å². The topological polar surface area (TPSA) is 105 Å². The van der Waals surface area contributed by atoms with Gasteiger partial charge in [0.2, 0.25) is 5.91 Å². The first-order valence-electron chi connectivity index (χ1n) is 8.74. The van der Waals surface area contributed by atoms with E-state index in [1.165, 1.54) is 36.9 Å². The van der Waals surface area contributed by atoms with E-state index in [0.717, 1.165) is 20.1 Å². The highest BCUT2D eigenvalue weighted by Crippen LogP contribution is 2.36. The molecule has 1 amide bonds. The van der Waals surface area contributed by atoms with E-state index in [9.17, 15) is 17.6 Å². The molecule has 0 spiro atoms. The molecule has 4 rings (SSSR count). The molecule has 158 valence electrons. The van der Waals surface area contributed by atoms with Crippen molar-refractivity contribution in [1.82, 2.24) is 14.0 Å². The van der Waals surface area contributed by atoms with E-state index in [1.807, 2.05) is 6.07 Å². The van der Waals surface area contributed by atoms with Gasteiger partial charge in [0.1, 0.15) is 11.9 Å². The molecule has 0 unspecified atom stereocenters. The Morgan fingerprint density at radius 2 is 2.20 bits per heavy atom. The van der Waals surface area contributed by atoms with Gasteiger partial charge in [0, 0.05) is 17.6 Å². The number of aromatic nitrogens is 1. The Bertz CT molecular complexity index is 1180. The molecule has 0 bridgehead atoms. The lowest BCUT2D eigenvalue weighted by molar-refractivity contribution is -0.120. The van der Waals surface area contributed by atoms with Crippen LogP contribution in [0.4, 0.5) is 10.1 Å². The van der Waals surface area contributed by atoms with Gasteiger partial charge in [-0.25, -0.2) is 9.37 Å².